The molecule has 172 valence electrons. The van der Waals surface area contributed by atoms with Crippen molar-refractivity contribution in [2.24, 2.45) is 0 Å². The summed E-state index contributed by atoms with van der Waals surface area (Å²) in [5, 5.41) is 14.0. The average Bonchev–Trinajstić information content (AvgIpc) is 3.36. The maximum Gasteiger partial charge on any atom is 0.171 e. The summed E-state index contributed by atoms with van der Waals surface area (Å²) < 4.78 is 17.3. The van der Waals surface area contributed by atoms with Gasteiger partial charge in [-0.2, -0.15) is 5.26 Å². The lowest BCUT2D eigenvalue weighted by atomic mass is 10.0. The Morgan fingerprint density at radius 1 is 0.889 bits per heavy atom. The summed E-state index contributed by atoms with van der Waals surface area (Å²) in [4.78, 5) is 0. The average molecular weight is 483 g/mol. The lowest BCUT2D eigenvalue weighted by Crippen LogP contribution is -2.15. The van der Waals surface area contributed by atoms with E-state index in [2.05, 4.69) is 48.4 Å². The molecule has 0 bridgehead atoms. The van der Waals surface area contributed by atoms with Gasteiger partial charge >= 0.3 is 0 Å². The molecule has 1 aromatic heterocycles. The van der Waals surface area contributed by atoms with Gasteiger partial charge in [-0.05, 0) is 60.5 Å². The molecular formula is C32H23N2OP. The highest BCUT2D eigenvalue weighted by Gasteiger charge is 2.40. The maximum absolute atomic E-state index is 15.0. The number of nitriles is 1. The van der Waals surface area contributed by atoms with E-state index >= 15 is 4.57 Å². The van der Waals surface area contributed by atoms with Gasteiger partial charge in [-0.15, -0.1) is 0 Å². The van der Waals surface area contributed by atoms with Gasteiger partial charge in [-0.1, -0.05) is 73.3 Å². The highest BCUT2D eigenvalue weighted by Crippen LogP contribution is 2.61. The number of nitrogens with zero attached hydrogens (tertiary/aromatic N) is 2. The van der Waals surface area contributed by atoms with Gasteiger partial charge in [0, 0.05) is 32.4 Å². The second-order valence-electron chi connectivity index (χ2n) is 8.95. The number of benzene rings is 4. The second-order valence-corrected chi connectivity index (χ2v) is 11.6. The van der Waals surface area contributed by atoms with E-state index in [1.807, 2.05) is 78.9 Å². The van der Waals surface area contributed by atoms with Crippen LogP contribution in [-0.4, -0.2) is 4.57 Å². The van der Waals surface area contributed by atoms with Crippen LogP contribution < -0.4 is 10.6 Å². The third-order valence-corrected chi connectivity index (χ3v) is 10.3. The number of allylic oxidation sites excluding steroid dienone is 5. The molecule has 4 aromatic carbocycles. The van der Waals surface area contributed by atoms with Crippen molar-refractivity contribution in [1.29, 1.82) is 5.26 Å². The second kappa shape index (κ2) is 8.38. The maximum atomic E-state index is 15.0. The molecule has 0 saturated heterocycles. The Labute approximate surface area is 210 Å². The van der Waals surface area contributed by atoms with Crippen molar-refractivity contribution < 1.29 is 4.57 Å². The molecular weight excluding hydrogens is 459 g/mol. The van der Waals surface area contributed by atoms with Crippen molar-refractivity contribution in [2.75, 3.05) is 0 Å². The molecule has 36 heavy (non-hydrogen) atoms. The minimum atomic E-state index is -3.06. The smallest absolute Gasteiger partial charge is 0.171 e. The minimum Gasteiger partial charge on any atom is -0.309 e. The van der Waals surface area contributed by atoms with Crippen LogP contribution in [0.25, 0.3) is 33.1 Å². The Balaban J connectivity index is 1.72. The molecule has 0 amide bonds. The molecule has 1 aliphatic heterocycles. The van der Waals surface area contributed by atoms with E-state index in [0.717, 1.165) is 54.6 Å². The van der Waals surface area contributed by atoms with Crippen LogP contribution in [-0.2, 0) is 4.57 Å². The van der Waals surface area contributed by atoms with Crippen LogP contribution in [0.1, 0.15) is 18.1 Å². The minimum absolute atomic E-state index is 0.627. The number of fused-ring (bicyclic) bond motifs is 4. The molecule has 1 aliphatic rings. The van der Waals surface area contributed by atoms with E-state index < -0.39 is 7.14 Å². The fourth-order valence-corrected chi connectivity index (χ4v) is 8.52. The van der Waals surface area contributed by atoms with Crippen molar-refractivity contribution in [3.8, 4) is 11.8 Å². The first-order chi connectivity index (χ1) is 17.6. The first-order valence-corrected chi connectivity index (χ1v) is 13.5. The molecule has 0 radical (unpaired) electrons. The first-order valence-electron chi connectivity index (χ1n) is 11.8. The molecule has 1 unspecified atom stereocenters. The summed E-state index contributed by atoms with van der Waals surface area (Å²) in [6.45, 7) is 5.88. The lowest BCUT2D eigenvalue weighted by Gasteiger charge is -2.17. The molecule has 1 atom stereocenters. The Morgan fingerprint density at radius 3 is 2.33 bits per heavy atom. The summed E-state index contributed by atoms with van der Waals surface area (Å²) >= 11 is 0. The highest BCUT2D eigenvalue weighted by atomic mass is 31.2. The summed E-state index contributed by atoms with van der Waals surface area (Å²) in [6, 6.07) is 32.3. The highest BCUT2D eigenvalue weighted by molar-refractivity contribution is 7.83. The largest absolute Gasteiger partial charge is 0.309 e. The van der Waals surface area contributed by atoms with Gasteiger partial charge in [0.2, 0.25) is 0 Å². The predicted molar refractivity (Wildman–Crippen MR) is 151 cm³/mol. The zero-order chi connectivity index (χ0) is 24.9. The van der Waals surface area contributed by atoms with E-state index in [1.165, 1.54) is 0 Å². The summed E-state index contributed by atoms with van der Waals surface area (Å²) in [7, 11) is -3.06. The van der Waals surface area contributed by atoms with Crippen LogP contribution in [0.5, 0.6) is 0 Å². The normalized spacial score (nSPS) is 17.1. The fourth-order valence-electron chi connectivity index (χ4n) is 5.34. The van der Waals surface area contributed by atoms with Crippen LogP contribution in [0.15, 0.2) is 121 Å². The zero-order valence-corrected chi connectivity index (χ0v) is 20.7. The Bertz CT molecular complexity index is 1830. The molecule has 2 heterocycles. The topological polar surface area (TPSA) is 45.8 Å². The van der Waals surface area contributed by atoms with Crippen LogP contribution in [0.3, 0.4) is 0 Å². The predicted octanol–water partition coefficient (Wildman–Crippen LogP) is 7.46. The van der Waals surface area contributed by atoms with Gasteiger partial charge in [0.25, 0.3) is 0 Å². The van der Waals surface area contributed by atoms with Crippen molar-refractivity contribution >= 4 is 45.1 Å². The molecule has 4 heteroatoms. The van der Waals surface area contributed by atoms with Crippen LogP contribution in [0.2, 0.25) is 0 Å². The molecule has 6 rings (SSSR count). The first kappa shape index (κ1) is 22.1. The Morgan fingerprint density at radius 2 is 1.61 bits per heavy atom. The van der Waals surface area contributed by atoms with E-state index in [0.29, 0.717) is 5.56 Å². The van der Waals surface area contributed by atoms with Crippen molar-refractivity contribution in [1.82, 2.24) is 4.57 Å². The molecule has 0 aliphatic carbocycles. The molecule has 0 N–H and O–H groups in total. The van der Waals surface area contributed by atoms with E-state index in [-0.39, 0.29) is 0 Å². The molecule has 3 nitrogen and oxygen atoms in total. The summed E-state index contributed by atoms with van der Waals surface area (Å²) in [5.74, 6) is 0. The van der Waals surface area contributed by atoms with E-state index in [1.54, 1.807) is 6.08 Å². The Hall–Kier alpha value is -4.38. The van der Waals surface area contributed by atoms with Crippen LogP contribution in [0, 0.1) is 11.3 Å². The third-order valence-electron chi connectivity index (χ3n) is 7.02. The molecule has 0 saturated carbocycles. The summed E-state index contributed by atoms with van der Waals surface area (Å²) in [6.07, 6.45) is 5.54. The number of para-hydroxylation sites is 1. The molecule has 5 aromatic rings. The van der Waals surface area contributed by atoms with Gasteiger partial charge in [-0.3, -0.25) is 0 Å². The number of rotatable bonds is 4. The van der Waals surface area contributed by atoms with Gasteiger partial charge in [0.15, 0.2) is 7.14 Å². The zero-order valence-electron chi connectivity index (χ0n) is 19.8. The number of hydrogen-bond donors (Lipinski definition) is 0. The lowest BCUT2D eigenvalue weighted by molar-refractivity contribution is 0.591. The van der Waals surface area contributed by atoms with Crippen LogP contribution >= 0.6 is 7.14 Å². The van der Waals surface area contributed by atoms with Gasteiger partial charge in [-0.25, -0.2) is 0 Å². The summed E-state index contributed by atoms with van der Waals surface area (Å²) in [5.41, 5.74) is 5.76. The van der Waals surface area contributed by atoms with Crippen molar-refractivity contribution in [3.63, 3.8) is 0 Å². The third kappa shape index (κ3) is 3.09. The fraction of sp³-hybridized carbons (Fsp3) is 0.0312. The Kier molecular flexibility index (Phi) is 5.15. The van der Waals surface area contributed by atoms with Crippen LogP contribution in [0.4, 0.5) is 0 Å². The SMILES string of the molecule is C=C/C=C\C1=C(C)c2cc3c(cc2P1(=O)c1ccccc1)c1ccccc1n3-c1ccc(C#N)cc1. The van der Waals surface area contributed by atoms with Gasteiger partial charge < -0.3 is 9.13 Å². The van der Waals surface area contributed by atoms with E-state index in [4.69, 9.17) is 0 Å². The number of aromatic nitrogens is 1. The van der Waals surface area contributed by atoms with E-state index in [9.17, 15) is 5.26 Å². The standard InChI is InChI=1S/C32H23N2OP/c1-3-4-14-31-22(2)27-19-30-28(20-32(27)36(31,35)25-10-6-5-7-11-25)26-12-8-9-13-29(26)34(30)24-17-15-23(21-33)16-18-24/h3-20H,1H2,2H3/b14-4-. The van der Waals surface area contributed by atoms with Gasteiger partial charge in [0.1, 0.15) is 0 Å². The number of hydrogen-bond acceptors (Lipinski definition) is 2. The molecule has 0 fully saturated rings. The quantitative estimate of drug-likeness (QED) is 0.197. The van der Waals surface area contributed by atoms with Gasteiger partial charge in [0.05, 0.1) is 22.7 Å². The monoisotopic (exact) mass is 482 g/mol. The van der Waals surface area contributed by atoms with Crippen molar-refractivity contribution in [3.05, 3.63) is 132 Å². The van der Waals surface area contributed by atoms with Crippen molar-refractivity contribution in [2.45, 2.75) is 6.92 Å². The molecule has 0 spiro atoms.